The average Bonchev–Trinajstić information content (AvgIpc) is 3.27. The summed E-state index contributed by atoms with van der Waals surface area (Å²) < 4.78 is 27.2. The Kier molecular flexibility index (Phi) is 6.89. The van der Waals surface area contributed by atoms with Crippen molar-refractivity contribution >= 4 is 39.7 Å². The SMILES string of the molecule is CC1CCN(S(=O)(=O)c2ccc(C(=O)NC(CN)C3CC3)s2)CC1.Cl. The molecule has 1 atom stereocenters. The molecule has 142 valence electrons. The molecule has 3 rings (SSSR count). The van der Waals surface area contributed by atoms with Crippen LogP contribution in [0.2, 0.25) is 0 Å². The first-order chi connectivity index (χ1) is 11.4. The molecular formula is C16H26ClN3O3S2. The minimum absolute atomic E-state index is 0. The van der Waals surface area contributed by atoms with Crippen molar-refractivity contribution < 1.29 is 13.2 Å². The van der Waals surface area contributed by atoms with Crippen molar-refractivity contribution in [2.45, 2.75) is 42.9 Å². The number of amides is 1. The highest BCUT2D eigenvalue weighted by Crippen LogP contribution is 2.33. The van der Waals surface area contributed by atoms with Gasteiger partial charge in [0, 0.05) is 25.7 Å². The van der Waals surface area contributed by atoms with Gasteiger partial charge in [-0.1, -0.05) is 6.92 Å². The number of nitrogens with zero attached hydrogens (tertiary/aromatic N) is 1. The molecule has 2 aliphatic rings. The van der Waals surface area contributed by atoms with Gasteiger partial charge in [0.05, 0.1) is 4.88 Å². The van der Waals surface area contributed by atoms with Gasteiger partial charge in [0.25, 0.3) is 15.9 Å². The Morgan fingerprint density at radius 2 is 1.96 bits per heavy atom. The maximum absolute atomic E-state index is 12.7. The van der Waals surface area contributed by atoms with E-state index in [1.165, 1.54) is 4.31 Å². The van der Waals surface area contributed by atoms with Crippen molar-refractivity contribution in [3.05, 3.63) is 17.0 Å². The molecule has 25 heavy (non-hydrogen) atoms. The first kappa shape index (κ1) is 20.6. The number of nitrogens with one attached hydrogen (secondary N) is 1. The van der Waals surface area contributed by atoms with Gasteiger partial charge in [0.1, 0.15) is 4.21 Å². The van der Waals surface area contributed by atoms with E-state index < -0.39 is 10.0 Å². The molecule has 1 amide bonds. The van der Waals surface area contributed by atoms with E-state index in [0.717, 1.165) is 37.0 Å². The third-order valence-electron chi connectivity index (χ3n) is 4.90. The van der Waals surface area contributed by atoms with Crippen LogP contribution in [0.1, 0.15) is 42.3 Å². The first-order valence-corrected chi connectivity index (χ1v) is 10.8. The number of hydrogen-bond acceptors (Lipinski definition) is 5. The average molecular weight is 408 g/mol. The standard InChI is InChI=1S/C16H25N3O3S2.ClH/c1-11-6-8-19(9-7-11)24(21,22)15-5-4-14(23-15)16(20)18-13(10-17)12-2-3-12;/h4-5,11-13H,2-3,6-10,17H2,1H3,(H,18,20);1H. The van der Waals surface area contributed by atoms with Gasteiger partial charge in [-0.2, -0.15) is 4.31 Å². The van der Waals surface area contributed by atoms with Gasteiger partial charge in [-0.15, -0.1) is 23.7 Å². The molecule has 9 heteroatoms. The molecule has 1 aliphatic carbocycles. The molecule has 2 fully saturated rings. The Balaban J connectivity index is 0.00000225. The number of hydrogen-bond donors (Lipinski definition) is 2. The van der Waals surface area contributed by atoms with E-state index in [0.29, 0.717) is 36.3 Å². The highest BCUT2D eigenvalue weighted by Gasteiger charge is 2.33. The molecule has 2 heterocycles. The second-order valence-corrected chi connectivity index (χ2v) is 10.1. The van der Waals surface area contributed by atoms with Crippen LogP contribution >= 0.6 is 23.7 Å². The molecule has 6 nitrogen and oxygen atoms in total. The number of thiophene rings is 1. The van der Waals surface area contributed by atoms with Crippen LogP contribution in [0.5, 0.6) is 0 Å². The number of carbonyl (C=O) groups is 1. The molecule has 0 spiro atoms. The second-order valence-electron chi connectivity index (χ2n) is 6.86. The van der Waals surface area contributed by atoms with Crippen LogP contribution in [0.4, 0.5) is 0 Å². The summed E-state index contributed by atoms with van der Waals surface area (Å²) in [6, 6.07) is 3.13. The smallest absolute Gasteiger partial charge is 0.261 e. The quantitative estimate of drug-likeness (QED) is 0.754. The van der Waals surface area contributed by atoms with E-state index in [2.05, 4.69) is 12.2 Å². The fourth-order valence-electron chi connectivity index (χ4n) is 3.04. The van der Waals surface area contributed by atoms with Crippen molar-refractivity contribution in [2.75, 3.05) is 19.6 Å². The summed E-state index contributed by atoms with van der Waals surface area (Å²) in [5.41, 5.74) is 5.71. The van der Waals surface area contributed by atoms with E-state index in [1.807, 2.05) is 0 Å². The molecule has 1 saturated carbocycles. The van der Waals surface area contributed by atoms with Crippen LogP contribution in [0.15, 0.2) is 16.3 Å². The van der Waals surface area contributed by atoms with Crippen molar-refractivity contribution in [1.29, 1.82) is 0 Å². The Bertz CT molecular complexity index is 695. The molecule has 1 aromatic rings. The van der Waals surface area contributed by atoms with Gasteiger partial charge < -0.3 is 11.1 Å². The van der Waals surface area contributed by atoms with Crippen molar-refractivity contribution in [1.82, 2.24) is 9.62 Å². The van der Waals surface area contributed by atoms with E-state index in [1.54, 1.807) is 12.1 Å². The minimum Gasteiger partial charge on any atom is -0.347 e. The largest absolute Gasteiger partial charge is 0.347 e. The Morgan fingerprint density at radius 1 is 1.32 bits per heavy atom. The van der Waals surface area contributed by atoms with E-state index >= 15 is 0 Å². The van der Waals surface area contributed by atoms with Crippen molar-refractivity contribution in [3.8, 4) is 0 Å². The molecule has 1 aliphatic heterocycles. The highest BCUT2D eigenvalue weighted by molar-refractivity contribution is 7.91. The monoisotopic (exact) mass is 407 g/mol. The zero-order valence-electron chi connectivity index (χ0n) is 14.3. The maximum Gasteiger partial charge on any atom is 0.261 e. The zero-order valence-corrected chi connectivity index (χ0v) is 16.8. The normalized spacial score (nSPS) is 20.7. The Morgan fingerprint density at radius 3 is 2.52 bits per heavy atom. The van der Waals surface area contributed by atoms with Crippen LogP contribution in [-0.2, 0) is 10.0 Å². The van der Waals surface area contributed by atoms with Crippen molar-refractivity contribution in [2.24, 2.45) is 17.6 Å². The number of halogens is 1. The first-order valence-electron chi connectivity index (χ1n) is 8.52. The minimum atomic E-state index is -3.49. The molecule has 0 radical (unpaired) electrons. The molecule has 1 aromatic heterocycles. The van der Waals surface area contributed by atoms with E-state index in [-0.39, 0.29) is 28.6 Å². The summed E-state index contributed by atoms with van der Waals surface area (Å²) in [5, 5.41) is 2.93. The summed E-state index contributed by atoms with van der Waals surface area (Å²) in [6.07, 6.45) is 3.97. The lowest BCUT2D eigenvalue weighted by Crippen LogP contribution is -2.41. The lowest BCUT2D eigenvalue weighted by Gasteiger charge is -2.28. The topological polar surface area (TPSA) is 92.5 Å². The lowest BCUT2D eigenvalue weighted by molar-refractivity contribution is 0.0937. The summed E-state index contributed by atoms with van der Waals surface area (Å²) >= 11 is 1.04. The predicted molar refractivity (Wildman–Crippen MR) is 102 cm³/mol. The summed E-state index contributed by atoms with van der Waals surface area (Å²) in [6.45, 7) is 3.67. The van der Waals surface area contributed by atoms with Gasteiger partial charge in [-0.3, -0.25) is 4.79 Å². The second kappa shape index (κ2) is 8.35. The van der Waals surface area contributed by atoms with Crippen LogP contribution in [0.3, 0.4) is 0 Å². The molecule has 3 N–H and O–H groups in total. The van der Waals surface area contributed by atoms with E-state index in [4.69, 9.17) is 5.73 Å². The zero-order chi connectivity index (χ0) is 17.3. The number of piperidine rings is 1. The van der Waals surface area contributed by atoms with Gasteiger partial charge in [0.15, 0.2) is 0 Å². The van der Waals surface area contributed by atoms with E-state index in [9.17, 15) is 13.2 Å². The van der Waals surface area contributed by atoms with Crippen LogP contribution in [0.25, 0.3) is 0 Å². The van der Waals surface area contributed by atoms with Gasteiger partial charge in [-0.25, -0.2) is 8.42 Å². The molecule has 0 aromatic carbocycles. The fraction of sp³-hybridized carbons (Fsp3) is 0.688. The predicted octanol–water partition coefficient (Wildman–Crippen LogP) is 2.06. The third-order valence-corrected chi connectivity index (χ3v) is 8.35. The molecule has 1 saturated heterocycles. The van der Waals surface area contributed by atoms with Gasteiger partial charge in [-0.05, 0) is 49.7 Å². The Hall–Kier alpha value is -0.670. The third kappa shape index (κ3) is 4.74. The number of sulfonamides is 1. The lowest BCUT2D eigenvalue weighted by atomic mass is 10.0. The fourth-order valence-corrected chi connectivity index (χ4v) is 5.87. The van der Waals surface area contributed by atoms with Crippen LogP contribution in [0, 0.1) is 11.8 Å². The van der Waals surface area contributed by atoms with Gasteiger partial charge in [0.2, 0.25) is 0 Å². The summed E-state index contributed by atoms with van der Waals surface area (Å²) in [4.78, 5) is 12.8. The summed E-state index contributed by atoms with van der Waals surface area (Å²) in [5.74, 6) is 0.810. The van der Waals surface area contributed by atoms with Crippen LogP contribution in [-0.4, -0.2) is 44.3 Å². The maximum atomic E-state index is 12.7. The van der Waals surface area contributed by atoms with Crippen LogP contribution < -0.4 is 11.1 Å². The molecule has 0 bridgehead atoms. The van der Waals surface area contributed by atoms with Gasteiger partial charge >= 0.3 is 0 Å². The Labute approximate surface area is 159 Å². The number of rotatable bonds is 6. The number of nitrogens with two attached hydrogens (primary N) is 1. The molecular weight excluding hydrogens is 382 g/mol. The summed E-state index contributed by atoms with van der Waals surface area (Å²) in [7, 11) is -3.49. The highest BCUT2D eigenvalue weighted by atomic mass is 35.5. The number of carbonyl (C=O) groups excluding carboxylic acids is 1. The molecule has 1 unspecified atom stereocenters. The van der Waals surface area contributed by atoms with Crippen molar-refractivity contribution in [3.63, 3.8) is 0 Å².